The molecule has 0 aliphatic carbocycles. The zero-order valence-electron chi connectivity index (χ0n) is 14.9. The highest BCUT2D eigenvalue weighted by molar-refractivity contribution is 5.98. The highest BCUT2D eigenvalue weighted by atomic mass is 16.6. The van der Waals surface area contributed by atoms with Gasteiger partial charge in [-0.3, -0.25) is 9.59 Å². The minimum Gasteiger partial charge on any atom is -0.450 e. The second-order valence-corrected chi connectivity index (χ2v) is 5.52. The smallest absolute Gasteiger partial charge is 0.377 e. The Kier molecular flexibility index (Phi) is 6.48. The number of nitrogens with one attached hydrogen (secondary N) is 1. The molecule has 0 unspecified atom stereocenters. The van der Waals surface area contributed by atoms with Gasteiger partial charge in [0, 0.05) is 30.4 Å². The lowest BCUT2D eigenvalue weighted by Crippen LogP contribution is -2.30. The number of rotatable bonds is 7. The summed E-state index contributed by atoms with van der Waals surface area (Å²) in [4.78, 5) is 37.7. The lowest BCUT2D eigenvalue weighted by atomic mass is 10.1. The first-order valence-electron chi connectivity index (χ1n) is 8.24. The summed E-state index contributed by atoms with van der Waals surface area (Å²) in [6.45, 7) is 6.19. The summed E-state index contributed by atoms with van der Waals surface area (Å²) in [7, 11) is 0. The van der Waals surface area contributed by atoms with Crippen molar-refractivity contribution in [1.29, 1.82) is 0 Å². The van der Waals surface area contributed by atoms with E-state index in [4.69, 9.17) is 9.26 Å². The lowest BCUT2D eigenvalue weighted by molar-refractivity contribution is -0.119. The van der Waals surface area contributed by atoms with E-state index in [1.54, 1.807) is 36.1 Å². The molecule has 26 heavy (non-hydrogen) atoms. The van der Waals surface area contributed by atoms with Crippen molar-refractivity contribution in [3.8, 4) is 0 Å². The fraction of sp³-hybridized carbons (Fsp3) is 0.333. The number of amides is 2. The number of benzene rings is 1. The van der Waals surface area contributed by atoms with Gasteiger partial charge in [0.25, 0.3) is 11.8 Å². The molecule has 1 heterocycles. The number of aromatic nitrogens is 1. The van der Waals surface area contributed by atoms with Crippen molar-refractivity contribution < 1.29 is 23.6 Å². The first-order chi connectivity index (χ1) is 12.4. The maximum Gasteiger partial charge on any atom is 0.377 e. The fourth-order valence-electron chi connectivity index (χ4n) is 2.28. The van der Waals surface area contributed by atoms with Crippen LogP contribution in [0.2, 0.25) is 0 Å². The minimum absolute atomic E-state index is 0.0675. The van der Waals surface area contributed by atoms with Crippen molar-refractivity contribution in [1.82, 2.24) is 10.1 Å². The Bertz CT molecular complexity index is 796. The number of hydrogen-bond donors (Lipinski definition) is 1. The van der Waals surface area contributed by atoms with E-state index in [-0.39, 0.29) is 11.7 Å². The summed E-state index contributed by atoms with van der Waals surface area (Å²) in [5, 5.41) is 6.17. The van der Waals surface area contributed by atoms with Crippen LogP contribution >= 0.6 is 0 Å². The molecule has 0 atom stereocenters. The van der Waals surface area contributed by atoms with Crippen molar-refractivity contribution in [3.05, 3.63) is 47.3 Å². The molecule has 0 saturated carbocycles. The summed E-state index contributed by atoms with van der Waals surface area (Å²) in [5.41, 5.74) is 1.45. The molecule has 1 aromatic carbocycles. The number of nitrogens with zero attached hydrogens (tertiary/aromatic N) is 2. The lowest BCUT2D eigenvalue weighted by Gasteiger charge is -2.19. The number of hydrogen-bond acceptors (Lipinski definition) is 6. The van der Waals surface area contributed by atoms with E-state index in [0.29, 0.717) is 30.0 Å². The molecule has 0 fully saturated rings. The van der Waals surface area contributed by atoms with Gasteiger partial charge in [0.2, 0.25) is 5.76 Å². The van der Waals surface area contributed by atoms with E-state index in [0.717, 1.165) is 0 Å². The van der Waals surface area contributed by atoms with Crippen LogP contribution in [0, 0.1) is 6.92 Å². The summed E-state index contributed by atoms with van der Waals surface area (Å²) < 4.78 is 9.63. The number of carbonyl (C=O) groups excluding carboxylic acids is 3. The Balaban J connectivity index is 1.93. The third-order valence-electron chi connectivity index (χ3n) is 3.61. The molecular weight excluding hydrogens is 338 g/mol. The standard InChI is InChI=1S/C18H21N3O5/c1-4-21(5-2)17(23)13-7-6-8-14(10-13)19-16(22)11-25-18(24)15-9-12(3)20-26-15/h6-10H,4-5,11H2,1-3H3,(H,19,22). The summed E-state index contributed by atoms with van der Waals surface area (Å²) in [6, 6.07) is 8.01. The van der Waals surface area contributed by atoms with Gasteiger partial charge in [-0.25, -0.2) is 4.79 Å². The van der Waals surface area contributed by atoms with Crippen molar-refractivity contribution >= 4 is 23.5 Å². The zero-order chi connectivity index (χ0) is 19.1. The number of esters is 1. The number of aryl methyl sites for hydroxylation is 1. The molecule has 0 saturated heterocycles. The van der Waals surface area contributed by atoms with Gasteiger partial charge in [-0.2, -0.15) is 0 Å². The van der Waals surface area contributed by atoms with Gasteiger partial charge in [0.05, 0.1) is 5.69 Å². The van der Waals surface area contributed by atoms with E-state index >= 15 is 0 Å². The third kappa shape index (κ3) is 4.92. The molecule has 8 heteroatoms. The number of anilines is 1. The van der Waals surface area contributed by atoms with E-state index in [1.165, 1.54) is 6.07 Å². The summed E-state index contributed by atoms with van der Waals surface area (Å²) in [5.74, 6) is -1.48. The average molecular weight is 359 g/mol. The molecule has 2 amide bonds. The van der Waals surface area contributed by atoms with Crippen molar-refractivity contribution in [2.75, 3.05) is 25.0 Å². The molecule has 1 N–H and O–H groups in total. The normalized spacial score (nSPS) is 10.3. The van der Waals surface area contributed by atoms with Crippen LogP contribution < -0.4 is 5.32 Å². The van der Waals surface area contributed by atoms with Crippen LogP contribution in [0.5, 0.6) is 0 Å². The maximum atomic E-state index is 12.3. The van der Waals surface area contributed by atoms with Gasteiger partial charge in [0.15, 0.2) is 6.61 Å². The van der Waals surface area contributed by atoms with Crippen LogP contribution in [-0.4, -0.2) is 47.5 Å². The van der Waals surface area contributed by atoms with Gasteiger partial charge in [-0.05, 0) is 39.0 Å². The third-order valence-corrected chi connectivity index (χ3v) is 3.61. The van der Waals surface area contributed by atoms with Crippen molar-refractivity contribution in [2.24, 2.45) is 0 Å². The summed E-state index contributed by atoms with van der Waals surface area (Å²) >= 11 is 0. The average Bonchev–Trinajstić information content (AvgIpc) is 3.07. The fourth-order valence-corrected chi connectivity index (χ4v) is 2.28. The van der Waals surface area contributed by atoms with Crippen LogP contribution in [0.15, 0.2) is 34.9 Å². The quantitative estimate of drug-likeness (QED) is 0.761. The van der Waals surface area contributed by atoms with Crippen molar-refractivity contribution in [3.63, 3.8) is 0 Å². The first-order valence-corrected chi connectivity index (χ1v) is 8.24. The van der Waals surface area contributed by atoms with Crippen molar-refractivity contribution in [2.45, 2.75) is 20.8 Å². The van der Waals surface area contributed by atoms with Crippen LogP contribution in [0.1, 0.15) is 40.5 Å². The molecule has 8 nitrogen and oxygen atoms in total. The molecule has 0 aliphatic heterocycles. The Morgan fingerprint density at radius 3 is 2.54 bits per heavy atom. The van der Waals surface area contributed by atoms with Gasteiger partial charge >= 0.3 is 5.97 Å². The van der Waals surface area contributed by atoms with Gasteiger partial charge in [0.1, 0.15) is 0 Å². The Hall–Kier alpha value is -3.16. The number of ether oxygens (including phenoxy) is 1. The SMILES string of the molecule is CCN(CC)C(=O)c1cccc(NC(=O)COC(=O)c2cc(C)no2)c1. The monoisotopic (exact) mass is 359 g/mol. The van der Waals surface area contributed by atoms with Crippen LogP contribution in [0.3, 0.4) is 0 Å². The van der Waals surface area contributed by atoms with E-state index in [2.05, 4.69) is 10.5 Å². The minimum atomic E-state index is -0.772. The maximum absolute atomic E-state index is 12.3. The highest BCUT2D eigenvalue weighted by Gasteiger charge is 2.16. The van der Waals surface area contributed by atoms with Crippen LogP contribution in [0.25, 0.3) is 0 Å². The molecule has 138 valence electrons. The molecule has 0 aliphatic rings. The molecule has 0 radical (unpaired) electrons. The second kappa shape index (κ2) is 8.80. The Morgan fingerprint density at radius 1 is 1.19 bits per heavy atom. The molecule has 1 aromatic heterocycles. The van der Waals surface area contributed by atoms with E-state index in [1.807, 2.05) is 13.8 Å². The predicted molar refractivity (Wildman–Crippen MR) is 93.8 cm³/mol. The Morgan fingerprint density at radius 2 is 1.92 bits per heavy atom. The largest absolute Gasteiger partial charge is 0.450 e. The van der Waals surface area contributed by atoms with Gasteiger partial charge < -0.3 is 19.5 Å². The van der Waals surface area contributed by atoms with E-state index < -0.39 is 18.5 Å². The predicted octanol–water partition coefficient (Wildman–Crippen LogP) is 2.26. The molecule has 2 rings (SSSR count). The second-order valence-electron chi connectivity index (χ2n) is 5.52. The zero-order valence-corrected chi connectivity index (χ0v) is 14.9. The van der Waals surface area contributed by atoms with E-state index in [9.17, 15) is 14.4 Å². The summed E-state index contributed by atoms with van der Waals surface area (Å²) in [6.07, 6.45) is 0. The molecule has 0 bridgehead atoms. The van der Waals surface area contributed by atoms with Gasteiger partial charge in [-0.1, -0.05) is 11.2 Å². The molecular formula is C18H21N3O5. The van der Waals surface area contributed by atoms with Crippen LogP contribution in [0.4, 0.5) is 5.69 Å². The number of carbonyl (C=O) groups is 3. The first kappa shape index (κ1) is 19.2. The van der Waals surface area contributed by atoms with Gasteiger partial charge in [-0.15, -0.1) is 0 Å². The van der Waals surface area contributed by atoms with Crippen LogP contribution in [-0.2, 0) is 9.53 Å². The highest BCUT2D eigenvalue weighted by Crippen LogP contribution is 2.13. The molecule has 2 aromatic rings. The topological polar surface area (TPSA) is 102 Å². The molecule has 0 spiro atoms. The Labute approximate surface area is 151 Å².